The summed E-state index contributed by atoms with van der Waals surface area (Å²) in [6, 6.07) is 30.6. The van der Waals surface area contributed by atoms with E-state index in [2.05, 4.69) is 24.3 Å². The van der Waals surface area contributed by atoms with E-state index in [0.717, 1.165) is 5.56 Å². The molecule has 0 fully saturated rings. The fourth-order valence-corrected chi connectivity index (χ4v) is 9.47. The molecule has 0 saturated heterocycles. The molecule has 25 heavy (non-hydrogen) atoms. The average Bonchev–Trinajstić information content (AvgIpc) is 2.69. The van der Waals surface area contributed by atoms with E-state index in [-0.39, 0.29) is 35.9 Å². The second kappa shape index (κ2) is 8.51. The molecule has 0 spiro atoms. The first-order valence-electron chi connectivity index (χ1n) is 7.87. The van der Waals surface area contributed by atoms with Gasteiger partial charge < -0.3 is 0 Å². The maximum absolute atomic E-state index is 13.1. The molecule has 0 heterocycles. The zero-order chi connectivity index (χ0) is 17.5. The quantitative estimate of drug-likeness (QED) is 0.416. The number of ether oxygens (including phenoxy) is 1. The molecular formula is C21H18O2Se2. The Hall–Kier alpha value is -1.83. The van der Waals surface area contributed by atoms with Crippen LogP contribution >= 0.6 is 0 Å². The van der Waals surface area contributed by atoms with Crippen molar-refractivity contribution in [3.8, 4) is 0 Å². The molecule has 0 aliphatic heterocycles. The molecule has 0 aliphatic rings. The molecule has 0 bridgehead atoms. The Bertz CT molecular complexity index is 764. The van der Waals surface area contributed by atoms with Crippen molar-refractivity contribution in [2.24, 2.45) is 0 Å². The van der Waals surface area contributed by atoms with E-state index in [0.29, 0.717) is 0 Å². The number of hydrogen-bond acceptors (Lipinski definition) is 2. The van der Waals surface area contributed by atoms with E-state index in [1.54, 1.807) is 0 Å². The van der Waals surface area contributed by atoms with Crippen LogP contribution in [0, 0.1) is 0 Å². The van der Waals surface area contributed by atoms with E-state index < -0.39 is 3.21 Å². The number of carbonyl (C=O) groups is 1. The van der Waals surface area contributed by atoms with Crippen LogP contribution in [0.15, 0.2) is 91.0 Å². The Morgan fingerprint density at radius 2 is 1.12 bits per heavy atom. The Balaban J connectivity index is 2.11. The molecule has 0 saturated carbocycles. The molecule has 3 rings (SSSR count). The second-order valence-corrected chi connectivity index (χ2v) is 12.0. The first-order valence-corrected chi connectivity index (χ1v) is 11.3. The van der Waals surface area contributed by atoms with Crippen molar-refractivity contribution in [1.82, 2.24) is 0 Å². The fraction of sp³-hybridized carbons (Fsp3) is 0.0952. The zero-order valence-electron chi connectivity index (χ0n) is 13.8. The number of esters is 1. The van der Waals surface area contributed by atoms with Crippen LogP contribution in [0.1, 0.15) is 5.56 Å². The molecule has 3 aromatic carbocycles. The van der Waals surface area contributed by atoms with E-state index in [1.807, 2.05) is 66.7 Å². The van der Waals surface area contributed by atoms with Crippen molar-refractivity contribution in [3.63, 3.8) is 0 Å². The van der Waals surface area contributed by atoms with Crippen molar-refractivity contribution < 1.29 is 9.53 Å². The maximum atomic E-state index is 13.1. The predicted molar refractivity (Wildman–Crippen MR) is 104 cm³/mol. The number of hydrogen-bond donors (Lipinski definition) is 0. The summed E-state index contributed by atoms with van der Waals surface area (Å²) >= 11 is -0.170. The molecule has 0 aromatic heterocycles. The SMILES string of the molecule is COC(=O)C([Se]c1ccccc1)([Se]c1ccccc1)c1ccccc1. The Morgan fingerprint density at radius 1 is 0.720 bits per heavy atom. The summed E-state index contributed by atoms with van der Waals surface area (Å²) in [7, 11) is 1.49. The predicted octanol–water partition coefficient (Wildman–Crippen LogP) is 2.07. The first kappa shape index (κ1) is 18.0. The van der Waals surface area contributed by atoms with E-state index in [4.69, 9.17) is 4.74 Å². The molecular weight excluding hydrogens is 442 g/mol. The van der Waals surface area contributed by atoms with Crippen LogP contribution in [-0.4, -0.2) is 43.0 Å². The van der Waals surface area contributed by atoms with Gasteiger partial charge >= 0.3 is 161 Å². The molecule has 3 aromatic rings. The van der Waals surface area contributed by atoms with E-state index in [1.165, 1.54) is 16.0 Å². The van der Waals surface area contributed by atoms with Gasteiger partial charge in [-0.15, -0.1) is 0 Å². The van der Waals surface area contributed by atoms with Crippen molar-refractivity contribution >= 4 is 44.8 Å². The van der Waals surface area contributed by atoms with Crippen LogP contribution in [0.2, 0.25) is 0 Å². The molecule has 0 radical (unpaired) electrons. The standard InChI is InChI=1S/C21H18O2Se2/c1-23-20(22)21(17-11-5-2-6-12-17,24-18-13-7-3-8-14-18)25-19-15-9-4-10-16-19/h2-16H,1H3. The second-order valence-electron chi connectivity index (χ2n) is 5.30. The van der Waals surface area contributed by atoms with Gasteiger partial charge in [0.15, 0.2) is 0 Å². The molecule has 0 atom stereocenters. The minimum absolute atomic E-state index is 0.0848. The normalized spacial score (nSPS) is 11.1. The third-order valence-electron chi connectivity index (χ3n) is 3.62. The van der Waals surface area contributed by atoms with Gasteiger partial charge in [-0.25, -0.2) is 0 Å². The third-order valence-corrected chi connectivity index (χ3v) is 10.5. The zero-order valence-corrected chi connectivity index (χ0v) is 17.2. The van der Waals surface area contributed by atoms with Crippen molar-refractivity contribution in [1.29, 1.82) is 0 Å². The fourth-order valence-electron chi connectivity index (χ4n) is 2.44. The Morgan fingerprint density at radius 3 is 1.52 bits per heavy atom. The van der Waals surface area contributed by atoms with Crippen molar-refractivity contribution in [2.45, 2.75) is 3.21 Å². The summed E-state index contributed by atoms with van der Waals surface area (Å²) in [5.74, 6) is -0.147. The third kappa shape index (κ3) is 4.23. The van der Waals surface area contributed by atoms with Crippen molar-refractivity contribution in [2.75, 3.05) is 7.11 Å². The van der Waals surface area contributed by atoms with Crippen molar-refractivity contribution in [3.05, 3.63) is 96.6 Å². The van der Waals surface area contributed by atoms with Gasteiger partial charge in [0.1, 0.15) is 0 Å². The molecule has 0 unspecified atom stereocenters. The number of methoxy groups -OCH3 is 1. The molecule has 4 heteroatoms. The van der Waals surface area contributed by atoms with Gasteiger partial charge in [0.2, 0.25) is 0 Å². The number of carbonyl (C=O) groups excluding carboxylic acids is 1. The summed E-state index contributed by atoms with van der Waals surface area (Å²) in [5.41, 5.74) is 1.04. The van der Waals surface area contributed by atoms with Gasteiger partial charge in [-0.1, -0.05) is 0 Å². The van der Waals surface area contributed by atoms with E-state index >= 15 is 0 Å². The van der Waals surface area contributed by atoms with Crippen LogP contribution < -0.4 is 8.92 Å². The summed E-state index contributed by atoms with van der Waals surface area (Å²) in [6.07, 6.45) is 0. The summed E-state index contributed by atoms with van der Waals surface area (Å²) < 4.78 is 7.07. The van der Waals surface area contributed by atoms with Gasteiger partial charge in [0.25, 0.3) is 0 Å². The van der Waals surface area contributed by atoms with E-state index in [9.17, 15) is 4.79 Å². The summed E-state index contributed by atoms with van der Waals surface area (Å²) in [4.78, 5) is 13.1. The van der Waals surface area contributed by atoms with Crippen LogP contribution in [0.25, 0.3) is 0 Å². The molecule has 0 N–H and O–H groups in total. The van der Waals surface area contributed by atoms with Crippen LogP contribution in [0.4, 0.5) is 0 Å². The number of rotatable bonds is 6. The van der Waals surface area contributed by atoms with Gasteiger partial charge in [-0.2, -0.15) is 0 Å². The molecule has 0 amide bonds. The van der Waals surface area contributed by atoms with Crippen LogP contribution in [0.3, 0.4) is 0 Å². The summed E-state index contributed by atoms with van der Waals surface area (Å²) in [5, 5.41) is 0. The topological polar surface area (TPSA) is 26.3 Å². The Kier molecular flexibility index (Phi) is 6.12. The Labute approximate surface area is 160 Å². The monoisotopic (exact) mass is 462 g/mol. The average molecular weight is 460 g/mol. The minimum atomic E-state index is -0.626. The van der Waals surface area contributed by atoms with Gasteiger partial charge in [0.05, 0.1) is 0 Å². The van der Waals surface area contributed by atoms with Gasteiger partial charge in [-0.3, -0.25) is 0 Å². The molecule has 0 aliphatic carbocycles. The van der Waals surface area contributed by atoms with Crippen LogP contribution in [-0.2, 0) is 12.7 Å². The van der Waals surface area contributed by atoms with Crippen LogP contribution in [0.5, 0.6) is 0 Å². The molecule has 126 valence electrons. The first-order chi connectivity index (χ1) is 12.2. The summed E-state index contributed by atoms with van der Waals surface area (Å²) in [6.45, 7) is 0. The van der Waals surface area contributed by atoms with Gasteiger partial charge in [-0.05, 0) is 0 Å². The number of benzene rings is 3. The van der Waals surface area contributed by atoms with Gasteiger partial charge in [0, 0.05) is 0 Å². The molecule has 2 nitrogen and oxygen atoms in total.